The van der Waals surface area contributed by atoms with Gasteiger partial charge in [0.2, 0.25) is 5.88 Å². The van der Waals surface area contributed by atoms with Crippen LogP contribution < -0.4 is 15.4 Å². The maximum Gasteiger partial charge on any atom is 0.323 e. The number of amides is 2. The van der Waals surface area contributed by atoms with E-state index in [0.717, 1.165) is 16.8 Å². The molecule has 4 aromatic rings. The molecular weight excluding hydrogens is 392 g/mol. The summed E-state index contributed by atoms with van der Waals surface area (Å²) in [4.78, 5) is 21.0. The number of hydrogen-bond donors (Lipinski definition) is 2. The lowest BCUT2D eigenvalue weighted by Gasteiger charge is -2.12. The van der Waals surface area contributed by atoms with E-state index in [-0.39, 0.29) is 6.03 Å². The third-order valence-corrected chi connectivity index (χ3v) is 4.73. The van der Waals surface area contributed by atoms with Crippen molar-refractivity contribution in [1.29, 1.82) is 0 Å². The molecule has 0 saturated carbocycles. The smallest absolute Gasteiger partial charge is 0.323 e. The van der Waals surface area contributed by atoms with E-state index in [9.17, 15) is 4.79 Å². The normalized spacial score (nSPS) is 10.5. The van der Waals surface area contributed by atoms with Crippen LogP contribution in [0.3, 0.4) is 0 Å². The van der Waals surface area contributed by atoms with Crippen molar-refractivity contribution in [1.82, 2.24) is 19.7 Å². The van der Waals surface area contributed by atoms with Crippen LogP contribution in [0.4, 0.5) is 16.2 Å². The fourth-order valence-corrected chi connectivity index (χ4v) is 3.00. The summed E-state index contributed by atoms with van der Waals surface area (Å²) in [6.45, 7) is 5.78. The summed E-state index contributed by atoms with van der Waals surface area (Å²) in [6, 6.07) is 16.1. The van der Waals surface area contributed by atoms with Crippen molar-refractivity contribution in [3.05, 3.63) is 83.9 Å². The second-order valence-electron chi connectivity index (χ2n) is 7.02. The Morgan fingerprint density at radius 1 is 0.968 bits per heavy atom. The average Bonchev–Trinajstić information content (AvgIpc) is 3.27. The molecule has 0 radical (unpaired) electrons. The van der Waals surface area contributed by atoms with Gasteiger partial charge in [-0.2, -0.15) is 10.1 Å². The van der Waals surface area contributed by atoms with E-state index in [2.05, 4.69) is 25.7 Å². The molecule has 0 aliphatic rings. The van der Waals surface area contributed by atoms with E-state index in [0.29, 0.717) is 29.0 Å². The summed E-state index contributed by atoms with van der Waals surface area (Å²) in [7, 11) is 0. The lowest BCUT2D eigenvalue weighted by Crippen LogP contribution is -2.20. The van der Waals surface area contributed by atoms with Gasteiger partial charge in [-0.25, -0.2) is 14.5 Å². The first kappa shape index (κ1) is 20.1. The quantitative estimate of drug-likeness (QED) is 0.478. The highest BCUT2D eigenvalue weighted by Gasteiger charge is 2.08. The van der Waals surface area contributed by atoms with Crippen LogP contribution >= 0.6 is 0 Å². The van der Waals surface area contributed by atoms with Crippen LogP contribution in [0.5, 0.6) is 11.6 Å². The third kappa shape index (κ3) is 4.87. The van der Waals surface area contributed by atoms with Crippen molar-refractivity contribution >= 4 is 17.4 Å². The molecule has 156 valence electrons. The fourth-order valence-electron chi connectivity index (χ4n) is 3.00. The molecule has 0 fully saturated rings. The molecule has 0 saturated heterocycles. The third-order valence-electron chi connectivity index (χ3n) is 4.73. The van der Waals surface area contributed by atoms with Crippen LogP contribution in [0.2, 0.25) is 0 Å². The zero-order valence-electron chi connectivity index (χ0n) is 17.5. The minimum atomic E-state index is -0.308. The standard InChI is InChI=1S/C23H22N6O2/c1-15-6-4-7-20(16(15)2)28-23(30)27-18-8-10-19(11-9-18)31-22-14-21(25-17(3)26-22)29-13-5-12-24-29/h4-14H,1-3H3,(H2,27,28,30). The molecule has 0 unspecified atom stereocenters. The molecule has 0 spiro atoms. The van der Waals surface area contributed by atoms with Crippen molar-refractivity contribution in [3.63, 3.8) is 0 Å². The lowest BCUT2D eigenvalue weighted by molar-refractivity contribution is 0.262. The van der Waals surface area contributed by atoms with Gasteiger partial charge in [-0.05, 0) is 68.3 Å². The minimum absolute atomic E-state index is 0.308. The number of urea groups is 1. The summed E-state index contributed by atoms with van der Waals surface area (Å²) in [5, 5.41) is 9.88. The highest BCUT2D eigenvalue weighted by molar-refractivity contribution is 6.00. The van der Waals surface area contributed by atoms with Gasteiger partial charge in [-0.1, -0.05) is 12.1 Å². The Hall–Kier alpha value is -4.20. The zero-order valence-corrected chi connectivity index (χ0v) is 17.5. The van der Waals surface area contributed by atoms with Gasteiger partial charge in [0.25, 0.3) is 0 Å². The van der Waals surface area contributed by atoms with Crippen molar-refractivity contribution in [3.8, 4) is 17.4 Å². The molecule has 2 N–H and O–H groups in total. The Balaban J connectivity index is 1.42. The fraction of sp³-hybridized carbons (Fsp3) is 0.130. The Kier molecular flexibility index (Phi) is 5.61. The second-order valence-corrected chi connectivity index (χ2v) is 7.02. The number of ether oxygens (including phenoxy) is 1. The van der Waals surface area contributed by atoms with Gasteiger partial charge in [-0.15, -0.1) is 0 Å². The van der Waals surface area contributed by atoms with E-state index in [4.69, 9.17) is 4.74 Å². The zero-order chi connectivity index (χ0) is 21.8. The van der Waals surface area contributed by atoms with E-state index in [1.54, 1.807) is 54.3 Å². The maximum atomic E-state index is 12.3. The molecule has 8 heteroatoms. The maximum absolute atomic E-state index is 12.3. The molecule has 2 heterocycles. The average molecular weight is 414 g/mol. The van der Waals surface area contributed by atoms with Gasteiger partial charge in [-0.3, -0.25) is 0 Å². The van der Waals surface area contributed by atoms with Gasteiger partial charge in [0.1, 0.15) is 11.6 Å². The molecule has 8 nitrogen and oxygen atoms in total. The molecule has 2 aromatic carbocycles. The van der Waals surface area contributed by atoms with Gasteiger partial charge in [0.15, 0.2) is 5.82 Å². The molecule has 4 rings (SSSR count). The van der Waals surface area contributed by atoms with Crippen LogP contribution in [0.15, 0.2) is 67.0 Å². The number of aromatic nitrogens is 4. The predicted octanol–water partition coefficient (Wildman–Crippen LogP) is 5.02. The Morgan fingerprint density at radius 2 is 1.77 bits per heavy atom. The number of nitrogens with one attached hydrogen (secondary N) is 2. The first-order valence-electron chi connectivity index (χ1n) is 9.76. The summed E-state index contributed by atoms with van der Waals surface area (Å²) >= 11 is 0. The van der Waals surface area contributed by atoms with Crippen LogP contribution in [0.1, 0.15) is 17.0 Å². The monoisotopic (exact) mass is 414 g/mol. The molecule has 2 aromatic heterocycles. The lowest BCUT2D eigenvalue weighted by atomic mass is 10.1. The number of anilines is 2. The predicted molar refractivity (Wildman–Crippen MR) is 119 cm³/mol. The molecule has 31 heavy (non-hydrogen) atoms. The van der Waals surface area contributed by atoms with Gasteiger partial charge in [0, 0.05) is 29.8 Å². The largest absolute Gasteiger partial charge is 0.439 e. The number of carbonyl (C=O) groups excluding carboxylic acids is 1. The molecule has 0 atom stereocenters. The van der Waals surface area contributed by atoms with Crippen molar-refractivity contribution in [2.75, 3.05) is 10.6 Å². The Morgan fingerprint density at radius 3 is 2.52 bits per heavy atom. The highest BCUT2D eigenvalue weighted by atomic mass is 16.5. The topological polar surface area (TPSA) is 94.0 Å². The van der Waals surface area contributed by atoms with Crippen LogP contribution in [-0.2, 0) is 0 Å². The van der Waals surface area contributed by atoms with Gasteiger partial charge < -0.3 is 15.4 Å². The van der Waals surface area contributed by atoms with E-state index < -0.39 is 0 Å². The SMILES string of the molecule is Cc1nc(Oc2ccc(NC(=O)Nc3cccc(C)c3C)cc2)cc(-n2cccn2)n1. The van der Waals surface area contributed by atoms with E-state index >= 15 is 0 Å². The van der Waals surface area contributed by atoms with Crippen LogP contribution in [0, 0.1) is 20.8 Å². The summed E-state index contributed by atoms with van der Waals surface area (Å²) in [5.41, 5.74) is 3.59. The van der Waals surface area contributed by atoms with Crippen LogP contribution in [0.25, 0.3) is 5.82 Å². The molecule has 0 aliphatic heterocycles. The summed E-state index contributed by atoms with van der Waals surface area (Å²) in [6.07, 6.45) is 3.48. The number of hydrogen-bond acceptors (Lipinski definition) is 5. The first-order valence-corrected chi connectivity index (χ1v) is 9.76. The molecular formula is C23H22N6O2. The van der Waals surface area contributed by atoms with Gasteiger partial charge >= 0.3 is 6.03 Å². The number of rotatable bonds is 5. The van der Waals surface area contributed by atoms with Crippen molar-refractivity contribution in [2.24, 2.45) is 0 Å². The number of aryl methyl sites for hydroxylation is 2. The van der Waals surface area contributed by atoms with Gasteiger partial charge in [0.05, 0.1) is 0 Å². The number of nitrogens with zero attached hydrogens (tertiary/aromatic N) is 4. The highest BCUT2D eigenvalue weighted by Crippen LogP contribution is 2.23. The van der Waals surface area contributed by atoms with E-state index in [1.807, 2.05) is 38.1 Å². The second kappa shape index (κ2) is 8.66. The molecule has 0 bridgehead atoms. The number of benzene rings is 2. The van der Waals surface area contributed by atoms with Crippen LogP contribution in [-0.4, -0.2) is 25.8 Å². The Labute approximate surface area is 179 Å². The molecule has 0 aliphatic carbocycles. The van der Waals surface area contributed by atoms with Crippen molar-refractivity contribution < 1.29 is 9.53 Å². The molecule has 2 amide bonds. The van der Waals surface area contributed by atoms with E-state index in [1.165, 1.54) is 0 Å². The summed E-state index contributed by atoms with van der Waals surface area (Å²) < 4.78 is 7.50. The van der Waals surface area contributed by atoms with Crippen molar-refractivity contribution in [2.45, 2.75) is 20.8 Å². The Bertz CT molecular complexity index is 1200. The first-order chi connectivity index (χ1) is 15.0. The number of carbonyl (C=O) groups is 1. The summed E-state index contributed by atoms with van der Waals surface area (Å²) in [5.74, 6) is 2.19. The minimum Gasteiger partial charge on any atom is -0.439 e.